The summed E-state index contributed by atoms with van der Waals surface area (Å²) in [6.07, 6.45) is 6.01. The lowest BCUT2D eigenvalue weighted by Crippen LogP contribution is -2.25. The van der Waals surface area contributed by atoms with Gasteiger partial charge in [0.15, 0.2) is 11.5 Å². The van der Waals surface area contributed by atoms with E-state index in [4.69, 9.17) is 4.42 Å². The number of rotatable bonds is 6. The van der Waals surface area contributed by atoms with Crippen molar-refractivity contribution in [1.82, 2.24) is 24.9 Å². The molecular formula is C29H23FN6O4S. The van der Waals surface area contributed by atoms with Crippen molar-refractivity contribution < 1.29 is 22.0 Å². The summed E-state index contributed by atoms with van der Waals surface area (Å²) >= 11 is 0. The smallest absolute Gasteiger partial charge is 0.255 e. The Hall–Kier alpha value is -5.10. The molecule has 0 fully saturated rings. The van der Waals surface area contributed by atoms with E-state index in [-0.39, 0.29) is 11.3 Å². The van der Waals surface area contributed by atoms with E-state index in [2.05, 4.69) is 20.4 Å². The molecule has 206 valence electrons. The van der Waals surface area contributed by atoms with Gasteiger partial charge in [0.25, 0.3) is 5.91 Å². The van der Waals surface area contributed by atoms with Crippen LogP contribution in [-0.2, 0) is 10.0 Å². The number of sulfonamides is 1. The van der Waals surface area contributed by atoms with Crippen LogP contribution in [0.3, 0.4) is 0 Å². The van der Waals surface area contributed by atoms with E-state index in [9.17, 15) is 17.6 Å². The summed E-state index contributed by atoms with van der Waals surface area (Å²) < 4.78 is 47.9. The van der Waals surface area contributed by atoms with E-state index in [1.165, 1.54) is 38.4 Å². The summed E-state index contributed by atoms with van der Waals surface area (Å²) in [6.45, 7) is 0. The molecule has 0 unspecified atom stereocenters. The highest BCUT2D eigenvalue weighted by atomic mass is 32.2. The molecule has 3 aromatic carbocycles. The highest BCUT2D eigenvalue weighted by molar-refractivity contribution is 7.92. The number of nitrogens with one attached hydrogen (secondary N) is 1. The van der Waals surface area contributed by atoms with E-state index in [1.54, 1.807) is 35.2 Å². The van der Waals surface area contributed by atoms with Gasteiger partial charge in [-0.25, -0.2) is 22.3 Å². The third-order valence-corrected chi connectivity index (χ3v) is 7.97. The zero-order valence-corrected chi connectivity index (χ0v) is 23.0. The molecule has 0 saturated heterocycles. The summed E-state index contributed by atoms with van der Waals surface area (Å²) in [6, 6.07) is 16.3. The quantitative estimate of drug-likeness (QED) is 0.306. The van der Waals surface area contributed by atoms with Crippen molar-refractivity contribution in [3.05, 3.63) is 90.6 Å². The van der Waals surface area contributed by atoms with Crippen LogP contribution in [0.5, 0.6) is 0 Å². The standard InChI is InChI=1S/C29H23FN6O4S/c1-31-29(37)26-22-14-21(18-5-4-6-19(13-18)28-33-25-16-32-11-12-36(25)34-28)23(35(2)41(3,38)39)15-24(22)40-27(26)17-7-9-20(30)10-8-17/h4-16H,1-3H3,(H,31,37). The fourth-order valence-electron chi connectivity index (χ4n) is 4.65. The first-order chi connectivity index (χ1) is 19.6. The highest BCUT2D eigenvalue weighted by Gasteiger charge is 2.26. The Morgan fingerprint density at radius 3 is 2.51 bits per heavy atom. The molecule has 0 radical (unpaired) electrons. The average Bonchev–Trinajstić information content (AvgIpc) is 3.57. The van der Waals surface area contributed by atoms with Gasteiger partial charge < -0.3 is 9.73 Å². The number of amides is 1. The van der Waals surface area contributed by atoms with Crippen LogP contribution in [0.25, 0.3) is 50.5 Å². The van der Waals surface area contributed by atoms with E-state index in [1.807, 2.05) is 24.3 Å². The third kappa shape index (κ3) is 4.67. The van der Waals surface area contributed by atoms with Gasteiger partial charge in [-0.05, 0) is 42.0 Å². The Kier molecular flexibility index (Phi) is 6.26. The van der Waals surface area contributed by atoms with Gasteiger partial charge in [0, 0.05) is 54.6 Å². The van der Waals surface area contributed by atoms with Gasteiger partial charge in [-0.15, -0.1) is 5.10 Å². The number of halogens is 1. The molecule has 3 heterocycles. The predicted molar refractivity (Wildman–Crippen MR) is 153 cm³/mol. The first-order valence-corrected chi connectivity index (χ1v) is 14.3. The van der Waals surface area contributed by atoms with Crippen LogP contribution in [0.15, 0.2) is 83.7 Å². The fourth-order valence-corrected chi connectivity index (χ4v) is 5.16. The van der Waals surface area contributed by atoms with Crippen molar-refractivity contribution in [3.8, 4) is 33.8 Å². The molecule has 10 nitrogen and oxygen atoms in total. The number of hydrogen-bond donors (Lipinski definition) is 1. The van der Waals surface area contributed by atoms with Crippen LogP contribution in [0.1, 0.15) is 10.4 Å². The molecule has 0 bridgehead atoms. The summed E-state index contributed by atoms with van der Waals surface area (Å²) in [7, 11) is -0.729. The minimum absolute atomic E-state index is 0.237. The first kappa shape index (κ1) is 26.1. The molecule has 0 aliphatic carbocycles. The molecule has 12 heteroatoms. The number of hydrogen-bond acceptors (Lipinski definition) is 7. The molecule has 6 aromatic rings. The monoisotopic (exact) mass is 570 g/mol. The summed E-state index contributed by atoms with van der Waals surface area (Å²) in [4.78, 5) is 21.7. The Balaban J connectivity index is 1.61. The molecule has 0 saturated carbocycles. The lowest BCUT2D eigenvalue weighted by molar-refractivity contribution is 0.0964. The summed E-state index contributed by atoms with van der Waals surface area (Å²) in [5.74, 6) is -0.135. The van der Waals surface area contributed by atoms with Crippen molar-refractivity contribution in [2.24, 2.45) is 0 Å². The van der Waals surface area contributed by atoms with Crippen LogP contribution in [-0.4, -0.2) is 54.3 Å². The highest BCUT2D eigenvalue weighted by Crippen LogP contribution is 2.41. The lowest BCUT2D eigenvalue weighted by Gasteiger charge is -2.21. The van der Waals surface area contributed by atoms with Crippen LogP contribution in [0, 0.1) is 5.82 Å². The Morgan fingerprint density at radius 1 is 1.05 bits per heavy atom. The minimum Gasteiger partial charge on any atom is -0.455 e. The number of fused-ring (bicyclic) bond motifs is 2. The molecule has 41 heavy (non-hydrogen) atoms. The first-order valence-electron chi connectivity index (χ1n) is 12.4. The summed E-state index contributed by atoms with van der Waals surface area (Å²) in [5.41, 5.74) is 3.85. The predicted octanol–water partition coefficient (Wildman–Crippen LogP) is 4.77. The van der Waals surface area contributed by atoms with Gasteiger partial charge in [0.05, 0.1) is 23.7 Å². The van der Waals surface area contributed by atoms with Crippen LogP contribution < -0.4 is 9.62 Å². The zero-order valence-electron chi connectivity index (χ0n) is 22.2. The van der Waals surface area contributed by atoms with E-state index >= 15 is 0 Å². The normalized spacial score (nSPS) is 11.7. The lowest BCUT2D eigenvalue weighted by atomic mass is 9.97. The molecule has 0 spiro atoms. The molecule has 1 amide bonds. The van der Waals surface area contributed by atoms with Crippen molar-refractivity contribution in [2.45, 2.75) is 0 Å². The van der Waals surface area contributed by atoms with Crippen molar-refractivity contribution in [1.29, 1.82) is 0 Å². The number of anilines is 1. The number of carbonyl (C=O) groups is 1. The van der Waals surface area contributed by atoms with Crippen LogP contribution in [0.4, 0.5) is 10.1 Å². The minimum atomic E-state index is -3.68. The average molecular weight is 571 g/mol. The number of nitrogens with zero attached hydrogens (tertiary/aromatic N) is 5. The van der Waals surface area contributed by atoms with E-state index in [0.29, 0.717) is 50.4 Å². The summed E-state index contributed by atoms with van der Waals surface area (Å²) in [5, 5.41) is 7.63. The molecule has 1 N–H and O–H groups in total. The molecule has 0 aliphatic rings. The van der Waals surface area contributed by atoms with Gasteiger partial charge >= 0.3 is 0 Å². The Morgan fingerprint density at radius 2 is 1.80 bits per heavy atom. The number of aromatic nitrogens is 4. The van der Waals surface area contributed by atoms with Gasteiger partial charge in [-0.3, -0.25) is 14.1 Å². The van der Waals surface area contributed by atoms with Crippen LogP contribution >= 0.6 is 0 Å². The molecule has 3 aromatic heterocycles. The molecular weight excluding hydrogens is 547 g/mol. The van der Waals surface area contributed by atoms with E-state index in [0.717, 1.165) is 10.6 Å². The number of carbonyl (C=O) groups excluding carboxylic acids is 1. The van der Waals surface area contributed by atoms with Gasteiger partial charge in [0.2, 0.25) is 10.0 Å². The van der Waals surface area contributed by atoms with Crippen molar-refractivity contribution in [2.75, 3.05) is 24.7 Å². The van der Waals surface area contributed by atoms with Gasteiger partial charge in [-0.2, -0.15) is 0 Å². The van der Waals surface area contributed by atoms with Crippen molar-refractivity contribution in [3.63, 3.8) is 0 Å². The van der Waals surface area contributed by atoms with Crippen molar-refractivity contribution >= 4 is 38.2 Å². The van der Waals surface area contributed by atoms with Crippen LogP contribution in [0.2, 0.25) is 0 Å². The Bertz CT molecular complexity index is 2040. The zero-order chi connectivity index (χ0) is 28.9. The topological polar surface area (TPSA) is 123 Å². The second-order valence-electron chi connectivity index (χ2n) is 9.38. The SMILES string of the molecule is CNC(=O)c1c(-c2ccc(F)cc2)oc2cc(N(C)S(C)(=O)=O)c(-c3cccc(-c4nc5cnccn5n4)c3)cc12. The van der Waals surface area contributed by atoms with E-state index < -0.39 is 21.7 Å². The largest absolute Gasteiger partial charge is 0.455 e. The second kappa shape index (κ2) is 9.82. The number of benzene rings is 3. The molecule has 0 atom stereocenters. The molecule has 6 rings (SSSR count). The Labute approximate surface area is 234 Å². The maximum atomic E-state index is 13.7. The van der Waals surface area contributed by atoms with Gasteiger partial charge in [-0.1, -0.05) is 18.2 Å². The van der Waals surface area contributed by atoms with Gasteiger partial charge in [0.1, 0.15) is 17.2 Å². The third-order valence-electron chi connectivity index (χ3n) is 6.78. The molecule has 0 aliphatic heterocycles. The second-order valence-corrected chi connectivity index (χ2v) is 11.4. The fraction of sp³-hybridized carbons (Fsp3) is 0.103. The number of furan rings is 1. The maximum Gasteiger partial charge on any atom is 0.255 e. The maximum absolute atomic E-state index is 13.7.